The molecule has 1 nitrogen and oxygen atoms in total. The molecule has 0 radical (unpaired) electrons. The van der Waals surface area contributed by atoms with Gasteiger partial charge in [0.05, 0.1) is 5.57 Å². The topological polar surface area (TPSA) is 14.1 Å². The third kappa shape index (κ3) is 3.05. The van der Waals surface area contributed by atoms with E-state index in [0.29, 0.717) is 0 Å². The summed E-state index contributed by atoms with van der Waals surface area (Å²) < 4.78 is 0. The zero-order valence-corrected chi connectivity index (χ0v) is 10.6. The van der Waals surface area contributed by atoms with Crippen LogP contribution in [0.25, 0.3) is 5.32 Å². The molecule has 1 aliphatic carbocycles. The molecule has 0 N–H and O–H groups in total. The van der Waals surface area contributed by atoms with Crippen molar-refractivity contribution in [2.24, 2.45) is 5.41 Å². The summed E-state index contributed by atoms with van der Waals surface area (Å²) in [6, 6.07) is 0. The molecule has 17 heavy (non-hydrogen) atoms. The molecule has 0 aromatic carbocycles. The van der Waals surface area contributed by atoms with Crippen LogP contribution in [0.4, 0.5) is 0 Å². The van der Waals surface area contributed by atoms with Gasteiger partial charge in [0.15, 0.2) is 0 Å². The molecule has 1 aliphatic heterocycles. The first-order valence-electron chi connectivity index (χ1n) is 5.83. The lowest BCUT2D eigenvalue weighted by atomic mass is 9.83. The SMILES string of the molecule is CC(C)(C)C1=C[CH+]C(=C=C2C=C[N-]C=C2)C=C1. The molecule has 0 unspecified atom stereocenters. The van der Waals surface area contributed by atoms with Crippen LogP contribution in [0, 0.1) is 11.8 Å². The second kappa shape index (κ2) is 4.57. The highest BCUT2D eigenvalue weighted by molar-refractivity contribution is 5.48. The third-order valence-corrected chi connectivity index (χ3v) is 2.72. The maximum atomic E-state index is 3.99. The van der Waals surface area contributed by atoms with Crippen LogP contribution in [0.5, 0.6) is 0 Å². The fourth-order valence-corrected chi connectivity index (χ4v) is 1.66. The lowest BCUT2D eigenvalue weighted by Crippen LogP contribution is -2.09. The zero-order valence-electron chi connectivity index (χ0n) is 10.6. The minimum absolute atomic E-state index is 0.204. The highest BCUT2D eigenvalue weighted by Crippen LogP contribution is 2.30. The standard InChI is InChI=1S/C16H17N/c1-16(2,3)15-6-4-13(5-7-15)12-14-8-10-17-11-9-14/h4-11H,1-3H3. The highest BCUT2D eigenvalue weighted by atomic mass is 14.8. The van der Waals surface area contributed by atoms with Gasteiger partial charge in [0.2, 0.25) is 0 Å². The summed E-state index contributed by atoms with van der Waals surface area (Å²) in [5.74, 6) is 0. The monoisotopic (exact) mass is 223 g/mol. The van der Waals surface area contributed by atoms with Crippen molar-refractivity contribution in [1.82, 2.24) is 0 Å². The van der Waals surface area contributed by atoms with Gasteiger partial charge in [-0.2, -0.15) is 12.4 Å². The highest BCUT2D eigenvalue weighted by Gasteiger charge is 2.21. The minimum atomic E-state index is 0.204. The normalized spacial score (nSPS) is 18.4. The lowest BCUT2D eigenvalue weighted by molar-refractivity contribution is 0.516. The molecule has 0 spiro atoms. The van der Waals surface area contributed by atoms with E-state index in [1.807, 2.05) is 12.2 Å². The van der Waals surface area contributed by atoms with E-state index in [4.69, 9.17) is 0 Å². The number of allylic oxidation sites excluding steroid dienone is 7. The van der Waals surface area contributed by atoms with E-state index in [0.717, 1.165) is 11.1 Å². The molecule has 1 heteroatoms. The summed E-state index contributed by atoms with van der Waals surface area (Å²) >= 11 is 0. The summed E-state index contributed by atoms with van der Waals surface area (Å²) in [4.78, 5) is 0. The average Bonchev–Trinajstić information content (AvgIpc) is 2.30. The Kier molecular flexibility index (Phi) is 3.12. The summed E-state index contributed by atoms with van der Waals surface area (Å²) in [6.07, 6.45) is 16.0. The quantitative estimate of drug-likeness (QED) is 0.421. The van der Waals surface area contributed by atoms with E-state index >= 15 is 0 Å². The molecule has 2 rings (SSSR count). The number of nitrogens with zero attached hydrogens (tertiary/aromatic N) is 1. The van der Waals surface area contributed by atoms with Crippen LogP contribution in [-0.2, 0) is 0 Å². The Morgan fingerprint density at radius 3 is 2.29 bits per heavy atom. The van der Waals surface area contributed by atoms with Crippen molar-refractivity contribution in [1.29, 1.82) is 0 Å². The molecule has 0 saturated heterocycles. The van der Waals surface area contributed by atoms with Gasteiger partial charge in [-0.3, -0.25) is 0 Å². The zero-order chi connectivity index (χ0) is 12.3. The van der Waals surface area contributed by atoms with E-state index < -0.39 is 0 Å². The molecule has 1 heterocycles. The van der Waals surface area contributed by atoms with Gasteiger partial charge in [0.1, 0.15) is 5.57 Å². The first-order chi connectivity index (χ1) is 8.05. The van der Waals surface area contributed by atoms with Crippen molar-refractivity contribution in [2.45, 2.75) is 20.8 Å². The molecule has 0 aromatic rings. The van der Waals surface area contributed by atoms with Gasteiger partial charge < -0.3 is 5.32 Å². The molecular weight excluding hydrogens is 206 g/mol. The number of rotatable bonds is 0. The van der Waals surface area contributed by atoms with Crippen molar-refractivity contribution in [3.05, 3.63) is 77.0 Å². The van der Waals surface area contributed by atoms with Crippen LogP contribution in [0.2, 0.25) is 0 Å². The van der Waals surface area contributed by atoms with Gasteiger partial charge in [-0.1, -0.05) is 12.2 Å². The van der Waals surface area contributed by atoms with Crippen LogP contribution in [-0.4, -0.2) is 0 Å². The Morgan fingerprint density at radius 1 is 1.06 bits per heavy atom. The summed E-state index contributed by atoms with van der Waals surface area (Å²) in [5.41, 5.74) is 7.05. The smallest absolute Gasteiger partial charge is 0.148 e. The van der Waals surface area contributed by atoms with Gasteiger partial charge in [-0.15, -0.1) is 0 Å². The second-order valence-corrected chi connectivity index (χ2v) is 5.19. The molecule has 0 bridgehead atoms. The average molecular weight is 223 g/mol. The van der Waals surface area contributed by atoms with Gasteiger partial charge in [-0.25, -0.2) is 0 Å². The predicted molar refractivity (Wildman–Crippen MR) is 73.2 cm³/mol. The molecule has 0 atom stereocenters. The van der Waals surface area contributed by atoms with Gasteiger partial charge in [0.25, 0.3) is 0 Å². The maximum absolute atomic E-state index is 3.99. The Hall–Kier alpha value is -1.85. The Bertz CT molecular complexity index is 470. The summed E-state index contributed by atoms with van der Waals surface area (Å²) in [6.45, 7) is 6.66. The Balaban J connectivity index is 2.21. The van der Waals surface area contributed by atoms with Gasteiger partial charge >= 0.3 is 0 Å². The second-order valence-electron chi connectivity index (χ2n) is 5.19. The van der Waals surface area contributed by atoms with Crippen molar-refractivity contribution >= 4 is 0 Å². The molecule has 0 amide bonds. The Labute approximate surface area is 104 Å². The first-order valence-corrected chi connectivity index (χ1v) is 5.83. The number of hydrogen-bond donors (Lipinski definition) is 0. The van der Waals surface area contributed by atoms with Crippen LogP contribution < -0.4 is 0 Å². The van der Waals surface area contributed by atoms with Crippen LogP contribution in [0.3, 0.4) is 0 Å². The fraction of sp³-hybridized carbons (Fsp3) is 0.250. The molecular formula is C16H17N. The summed E-state index contributed by atoms with van der Waals surface area (Å²) in [7, 11) is 0. The minimum Gasteiger partial charge on any atom is -0.670 e. The molecule has 0 saturated carbocycles. The van der Waals surface area contributed by atoms with Crippen LogP contribution in [0.15, 0.2) is 65.2 Å². The summed E-state index contributed by atoms with van der Waals surface area (Å²) in [5, 5.41) is 3.99. The van der Waals surface area contributed by atoms with Crippen molar-refractivity contribution in [3.8, 4) is 0 Å². The lowest BCUT2D eigenvalue weighted by Gasteiger charge is -2.17. The first kappa shape index (κ1) is 11.6. The molecule has 0 fully saturated rings. The molecule has 0 aromatic heterocycles. The Morgan fingerprint density at radius 2 is 1.76 bits per heavy atom. The van der Waals surface area contributed by atoms with Crippen LogP contribution >= 0.6 is 0 Å². The fourth-order valence-electron chi connectivity index (χ4n) is 1.66. The number of hydrogen-bond acceptors (Lipinski definition) is 0. The van der Waals surface area contributed by atoms with Crippen LogP contribution in [0.1, 0.15) is 20.8 Å². The van der Waals surface area contributed by atoms with E-state index in [-0.39, 0.29) is 5.41 Å². The molecule has 2 aliphatic rings. The third-order valence-electron chi connectivity index (χ3n) is 2.72. The molecule has 86 valence electrons. The van der Waals surface area contributed by atoms with Crippen molar-refractivity contribution in [2.75, 3.05) is 0 Å². The van der Waals surface area contributed by atoms with E-state index in [1.54, 1.807) is 12.4 Å². The van der Waals surface area contributed by atoms with Crippen molar-refractivity contribution in [3.63, 3.8) is 0 Å². The van der Waals surface area contributed by atoms with E-state index in [2.05, 4.69) is 56.5 Å². The predicted octanol–water partition coefficient (Wildman–Crippen LogP) is 4.60. The van der Waals surface area contributed by atoms with Gasteiger partial charge in [-0.05, 0) is 20.8 Å². The largest absolute Gasteiger partial charge is 0.670 e. The van der Waals surface area contributed by atoms with Gasteiger partial charge in [0, 0.05) is 41.4 Å². The van der Waals surface area contributed by atoms with E-state index in [9.17, 15) is 0 Å². The van der Waals surface area contributed by atoms with E-state index in [1.165, 1.54) is 5.57 Å². The van der Waals surface area contributed by atoms with Crippen molar-refractivity contribution < 1.29 is 0 Å². The maximum Gasteiger partial charge on any atom is 0.148 e.